The summed E-state index contributed by atoms with van der Waals surface area (Å²) in [4.78, 5) is 5.54. The van der Waals surface area contributed by atoms with Crippen molar-refractivity contribution in [3.05, 3.63) is 52.0 Å². The molecule has 4 nitrogen and oxygen atoms in total. The van der Waals surface area contributed by atoms with Crippen molar-refractivity contribution in [1.82, 2.24) is 10.6 Å². The molecule has 2 rings (SSSR count). The van der Waals surface area contributed by atoms with Gasteiger partial charge in [-0.1, -0.05) is 19.1 Å². The summed E-state index contributed by atoms with van der Waals surface area (Å²) in [6, 6.07) is 8.56. The number of phenolic OH excluding ortho intramolecular Hbond substituents is 1. The molecule has 1 heterocycles. The maximum atomic E-state index is 13.3. The second kappa shape index (κ2) is 10.5. The Hall–Kier alpha value is -1.35. The number of hydrogen-bond donors (Lipinski definition) is 3. The molecule has 0 fully saturated rings. The van der Waals surface area contributed by atoms with Crippen LogP contribution in [0, 0.1) is 11.7 Å². The summed E-state index contributed by atoms with van der Waals surface area (Å²) < 4.78 is 13.3. The van der Waals surface area contributed by atoms with Gasteiger partial charge in [-0.2, -0.15) is 0 Å². The predicted molar refractivity (Wildman–Crippen MR) is 109 cm³/mol. The minimum atomic E-state index is -0.614. The number of aliphatic imine (C=N–C) groups is 1. The van der Waals surface area contributed by atoms with E-state index in [1.807, 2.05) is 0 Å². The zero-order valence-electron chi connectivity index (χ0n) is 13.8. The van der Waals surface area contributed by atoms with Crippen LogP contribution < -0.4 is 10.6 Å². The SMILES string of the molecule is CN=C(NCc1ccc(O)c(F)c1)NCC(C)Cc1cccs1.I. The first-order chi connectivity index (χ1) is 11.1. The van der Waals surface area contributed by atoms with Gasteiger partial charge in [0.2, 0.25) is 0 Å². The number of rotatable bonds is 6. The number of phenols is 1. The lowest BCUT2D eigenvalue weighted by molar-refractivity contribution is 0.431. The quantitative estimate of drug-likeness (QED) is 0.348. The third kappa shape index (κ3) is 6.64. The highest BCUT2D eigenvalue weighted by Crippen LogP contribution is 2.16. The van der Waals surface area contributed by atoms with E-state index >= 15 is 0 Å². The molecule has 0 spiro atoms. The lowest BCUT2D eigenvalue weighted by Crippen LogP contribution is -2.39. The number of aromatic hydroxyl groups is 1. The lowest BCUT2D eigenvalue weighted by atomic mass is 10.1. The maximum absolute atomic E-state index is 13.3. The van der Waals surface area contributed by atoms with E-state index < -0.39 is 5.82 Å². The van der Waals surface area contributed by atoms with Gasteiger partial charge >= 0.3 is 0 Å². The van der Waals surface area contributed by atoms with Gasteiger partial charge in [0, 0.05) is 25.0 Å². The Balaban J connectivity index is 0.00000288. The third-order valence-electron chi connectivity index (χ3n) is 3.44. The average molecular weight is 463 g/mol. The van der Waals surface area contributed by atoms with Gasteiger partial charge in [0.05, 0.1) is 0 Å². The van der Waals surface area contributed by atoms with Gasteiger partial charge in [0.25, 0.3) is 0 Å². The van der Waals surface area contributed by atoms with Crippen molar-refractivity contribution in [3.63, 3.8) is 0 Å². The molecule has 3 N–H and O–H groups in total. The van der Waals surface area contributed by atoms with E-state index in [9.17, 15) is 9.50 Å². The Kier molecular flexibility index (Phi) is 9.05. The molecule has 0 aliphatic carbocycles. The van der Waals surface area contributed by atoms with Crippen molar-refractivity contribution in [2.75, 3.05) is 13.6 Å². The lowest BCUT2D eigenvalue weighted by Gasteiger charge is -2.15. The molecule has 1 atom stereocenters. The summed E-state index contributed by atoms with van der Waals surface area (Å²) in [6.07, 6.45) is 1.03. The van der Waals surface area contributed by atoms with Gasteiger partial charge in [-0.15, -0.1) is 35.3 Å². The van der Waals surface area contributed by atoms with Crippen LogP contribution in [0.5, 0.6) is 5.75 Å². The van der Waals surface area contributed by atoms with E-state index in [0.717, 1.165) is 18.5 Å². The smallest absolute Gasteiger partial charge is 0.191 e. The van der Waals surface area contributed by atoms with Gasteiger partial charge < -0.3 is 15.7 Å². The fourth-order valence-electron chi connectivity index (χ4n) is 2.18. The summed E-state index contributed by atoms with van der Waals surface area (Å²) in [7, 11) is 1.71. The second-order valence-electron chi connectivity index (χ2n) is 5.48. The molecule has 7 heteroatoms. The normalized spacial score (nSPS) is 12.4. The molecule has 2 aromatic rings. The van der Waals surface area contributed by atoms with Gasteiger partial charge in [-0.3, -0.25) is 4.99 Å². The van der Waals surface area contributed by atoms with Crippen molar-refractivity contribution >= 4 is 41.3 Å². The van der Waals surface area contributed by atoms with Crippen molar-refractivity contribution in [2.45, 2.75) is 19.9 Å². The van der Waals surface area contributed by atoms with E-state index in [2.05, 4.69) is 40.1 Å². The summed E-state index contributed by atoms with van der Waals surface area (Å²) >= 11 is 1.77. The van der Waals surface area contributed by atoms with Crippen molar-refractivity contribution in [3.8, 4) is 5.75 Å². The summed E-state index contributed by atoms with van der Waals surface area (Å²) in [5.74, 6) is 0.213. The molecule has 1 aromatic heterocycles. The van der Waals surface area contributed by atoms with Crippen LogP contribution in [0.15, 0.2) is 40.7 Å². The van der Waals surface area contributed by atoms with Crippen LogP contribution in [0.3, 0.4) is 0 Å². The Morgan fingerprint density at radius 1 is 1.33 bits per heavy atom. The van der Waals surface area contributed by atoms with Crippen LogP contribution in [-0.2, 0) is 13.0 Å². The summed E-state index contributed by atoms with van der Waals surface area (Å²) in [5, 5.41) is 17.7. The molecule has 0 aliphatic heterocycles. The van der Waals surface area contributed by atoms with Gasteiger partial charge in [0.15, 0.2) is 17.5 Å². The molecule has 1 aromatic carbocycles. The molecule has 0 amide bonds. The molecule has 1 unspecified atom stereocenters. The highest BCUT2D eigenvalue weighted by molar-refractivity contribution is 14.0. The Bertz CT molecular complexity index is 649. The van der Waals surface area contributed by atoms with Crippen LogP contribution in [0.2, 0.25) is 0 Å². The minimum absolute atomic E-state index is 0. The number of nitrogens with one attached hydrogen (secondary N) is 2. The van der Waals surface area contributed by atoms with E-state index in [0.29, 0.717) is 18.4 Å². The number of benzene rings is 1. The standard InChI is InChI=1S/C17H22FN3OS.HI/c1-12(8-14-4-3-7-23-14)10-20-17(19-2)21-11-13-5-6-16(22)15(18)9-13;/h3-7,9,12,22H,8,10-11H2,1-2H3,(H2,19,20,21);1H. The molecular weight excluding hydrogens is 440 g/mol. The van der Waals surface area contributed by atoms with Gasteiger partial charge in [-0.25, -0.2) is 4.39 Å². The van der Waals surface area contributed by atoms with E-state index in [1.54, 1.807) is 24.5 Å². The van der Waals surface area contributed by atoms with Gasteiger partial charge in [-0.05, 0) is 41.5 Å². The number of thiophene rings is 1. The molecule has 0 saturated heterocycles. The largest absolute Gasteiger partial charge is 0.505 e. The van der Waals surface area contributed by atoms with E-state index in [1.165, 1.54) is 17.0 Å². The molecule has 0 bridgehead atoms. The van der Waals surface area contributed by atoms with Crippen molar-refractivity contribution in [1.29, 1.82) is 0 Å². The van der Waals surface area contributed by atoms with Crippen LogP contribution >= 0.6 is 35.3 Å². The number of guanidine groups is 1. The van der Waals surface area contributed by atoms with Crippen LogP contribution in [0.1, 0.15) is 17.4 Å². The molecule has 132 valence electrons. The van der Waals surface area contributed by atoms with Crippen molar-refractivity contribution < 1.29 is 9.50 Å². The Morgan fingerprint density at radius 2 is 2.12 bits per heavy atom. The fourth-order valence-corrected chi connectivity index (χ4v) is 3.05. The first-order valence-corrected chi connectivity index (χ1v) is 8.40. The summed E-state index contributed by atoms with van der Waals surface area (Å²) in [6.45, 7) is 3.44. The molecule has 0 aliphatic rings. The zero-order valence-corrected chi connectivity index (χ0v) is 16.9. The topological polar surface area (TPSA) is 56.7 Å². The average Bonchev–Trinajstić information content (AvgIpc) is 3.03. The highest BCUT2D eigenvalue weighted by atomic mass is 127. The molecular formula is C17H23FIN3OS. The summed E-state index contributed by atoms with van der Waals surface area (Å²) in [5.41, 5.74) is 0.745. The highest BCUT2D eigenvalue weighted by Gasteiger charge is 2.07. The number of hydrogen-bond acceptors (Lipinski definition) is 3. The number of halogens is 2. The Labute approximate surface area is 163 Å². The third-order valence-corrected chi connectivity index (χ3v) is 4.34. The van der Waals surface area contributed by atoms with Crippen LogP contribution in [-0.4, -0.2) is 24.7 Å². The monoisotopic (exact) mass is 463 g/mol. The Morgan fingerprint density at radius 3 is 2.75 bits per heavy atom. The van der Waals surface area contributed by atoms with Crippen LogP contribution in [0.4, 0.5) is 4.39 Å². The fraction of sp³-hybridized carbons (Fsp3) is 0.353. The van der Waals surface area contributed by atoms with Crippen LogP contribution in [0.25, 0.3) is 0 Å². The first kappa shape index (κ1) is 20.7. The van der Waals surface area contributed by atoms with Crippen molar-refractivity contribution in [2.24, 2.45) is 10.9 Å². The first-order valence-electron chi connectivity index (χ1n) is 7.52. The zero-order chi connectivity index (χ0) is 16.7. The van der Waals surface area contributed by atoms with E-state index in [-0.39, 0.29) is 29.7 Å². The minimum Gasteiger partial charge on any atom is -0.505 e. The molecule has 0 radical (unpaired) electrons. The second-order valence-corrected chi connectivity index (χ2v) is 6.51. The predicted octanol–water partition coefficient (Wildman–Crippen LogP) is 3.75. The molecule has 0 saturated carbocycles. The van der Waals surface area contributed by atoms with Gasteiger partial charge in [0.1, 0.15) is 0 Å². The van der Waals surface area contributed by atoms with E-state index in [4.69, 9.17) is 0 Å². The maximum Gasteiger partial charge on any atom is 0.191 e. The molecule has 24 heavy (non-hydrogen) atoms. The number of nitrogens with zero attached hydrogens (tertiary/aromatic N) is 1.